The lowest BCUT2D eigenvalue weighted by Gasteiger charge is -2.18. The van der Waals surface area contributed by atoms with Gasteiger partial charge in [0.25, 0.3) is 0 Å². The number of nitriles is 1. The van der Waals surface area contributed by atoms with Gasteiger partial charge in [0, 0.05) is 12.7 Å². The van der Waals surface area contributed by atoms with E-state index in [4.69, 9.17) is 5.26 Å². The molecule has 4 heteroatoms. The monoisotopic (exact) mass is 205 g/mol. The molecule has 0 radical (unpaired) electrons. The largest absolute Gasteiger partial charge is 0.323 e. The molecule has 1 rings (SSSR count). The third-order valence-electron chi connectivity index (χ3n) is 1.76. The molecule has 0 saturated carbocycles. The molecule has 0 saturated heterocycles. The predicted molar refractivity (Wildman–Crippen MR) is 61.4 cm³/mol. The third-order valence-corrected chi connectivity index (χ3v) is 2.49. The van der Waals surface area contributed by atoms with Crippen LogP contribution in [-0.2, 0) is 0 Å². The number of hydrogen-bond donors (Lipinski definition) is 0. The number of thioether (sulfide) groups is 1. The van der Waals surface area contributed by atoms with Gasteiger partial charge < -0.3 is 4.90 Å². The molecule has 1 aromatic rings. The van der Waals surface area contributed by atoms with Gasteiger partial charge in [-0.05, 0) is 18.4 Å². The Morgan fingerprint density at radius 2 is 2.07 bits per heavy atom. The molecule has 0 aliphatic carbocycles. The minimum absolute atomic E-state index is 0.693. The van der Waals surface area contributed by atoms with E-state index in [-0.39, 0.29) is 0 Å². The highest BCUT2D eigenvalue weighted by atomic mass is 32.2. The van der Waals surface area contributed by atoms with Gasteiger partial charge in [-0.3, -0.25) is 0 Å². The van der Waals surface area contributed by atoms with Gasteiger partial charge in [-0.2, -0.15) is 5.26 Å². The van der Waals surface area contributed by atoms with Gasteiger partial charge in [0.15, 0.2) is 5.17 Å². The quantitative estimate of drug-likeness (QED) is 0.401. The number of benzene rings is 1. The average molecular weight is 205 g/mol. The molecule has 3 nitrogen and oxygen atoms in total. The molecule has 14 heavy (non-hydrogen) atoms. The standard InChI is InChI=1S/C10H11N3S/c1-13(10(14-2)12-8-11)9-6-4-3-5-7-9/h3-7H,1-2H3. The summed E-state index contributed by atoms with van der Waals surface area (Å²) in [6.45, 7) is 0. The van der Waals surface area contributed by atoms with Crippen LogP contribution in [0.5, 0.6) is 0 Å². The fourth-order valence-corrected chi connectivity index (χ4v) is 1.57. The van der Waals surface area contributed by atoms with Crippen LogP contribution in [0.1, 0.15) is 0 Å². The normalized spacial score (nSPS) is 10.8. The van der Waals surface area contributed by atoms with Gasteiger partial charge in [-0.25, -0.2) is 0 Å². The molecular formula is C10H11N3S. The van der Waals surface area contributed by atoms with Crippen molar-refractivity contribution in [1.29, 1.82) is 5.26 Å². The maximum absolute atomic E-state index is 8.49. The Balaban J connectivity index is 2.90. The number of nitrogens with zero attached hydrogens (tertiary/aromatic N) is 3. The summed E-state index contributed by atoms with van der Waals surface area (Å²) in [4.78, 5) is 5.61. The van der Waals surface area contributed by atoms with Crippen LogP contribution >= 0.6 is 11.8 Å². The van der Waals surface area contributed by atoms with Crippen molar-refractivity contribution in [1.82, 2.24) is 0 Å². The van der Waals surface area contributed by atoms with Gasteiger partial charge in [0.1, 0.15) is 0 Å². The zero-order valence-corrected chi connectivity index (χ0v) is 8.95. The molecule has 0 aromatic heterocycles. The first-order valence-electron chi connectivity index (χ1n) is 4.09. The van der Waals surface area contributed by atoms with Gasteiger partial charge in [0.05, 0.1) is 0 Å². The highest BCUT2D eigenvalue weighted by Crippen LogP contribution is 2.15. The molecule has 72 valence electrons. The topological polar surface area (TPSA) is 39.4 Å². The highest BCUT2D eigenvalue weighted by Gasteiger charge is 2.06. The average Bonchev–Trinajstić information content (AvgIpc) is 2.26. The van der Waals surface area contributed by atoms with Crippen LogP contribution in [0.4, 0.5) is 5.69 Å². The molecular weight excluding hydrogens is 194 g/mol. The van der Waals surface area contributed by atoms with E-state index in [1.54, 1.807) is 6.19 Å². The smallest absolute Gasteiger partial charge is 0.208 e. The maximum Gasteiger partial charge on any atom is 0.208 e. The highest BCUT2D eigenvalue weighted by molar-refractivity contribution is 8.13. The Morgan fingerprint density at radius 3 is 2.57 bits per heavy atom. The van der Waals surface area contributed by atoms with E-state index in [1.165, 1.54) is 11.8 Å². The van der Waals surface area contributed by atoms with Crippen molar-refractivity contribution >= 4 is 22.6 Å². The van der Waals surface area contributed by atoms with Gasteiger partial charge in [-0.15, -0.1) is 4.99 Å². The molecule has 0 atom stereocenters. The van der Waals surface area contributed by atoms with Crippen molar-refractivity contribution < 1.29 is 0 Å². The molecule has 0 bridgehead atoms. The molecule has 0 fully saturated rings. The summed E-state index contributed by atoms with van der Waals surface area (Å²) < 4.78 is 0. The lowest BCUT2D eigenvalue weighted by Crippen LogP contribution is -2.22. The van der Waals surface area contributed by atoms with Gasteiger partial charge >= 0.3 is 0 Å². The van der Waals surface area contributed by atoms with E-state index in [0.717, 1.165) is 5.69 Å². The van der Waals surface area contributed by atoms with E-state index < -0.39 is 0 Å². The van der Waals surface area contributed by atoms with Crippen molar-refractivity contribution in [2.24, 2.45) is 4.99 Å². The summed E-state index contributed by atoms with van der Waals surface area (Å²) >= 11 is 1.45. The van der Waals surface area contributed by atoms with Crippen molar-refractivity contribution in [3.63, 3.8) is 0 Å². The van der Waals surface area contributed by atoms with Crippen LogP contribution in [0, 0.1) is 11.5 Å². The molecule has 0 spiro atoms. The van der Waals surface area contributed by atoms with Gasteiger partial charge in [-0.1, -0.05) is 30.0 Å². The zero-order chi connectivity index (χ0) is 10.4. The van der Waals surface area contributed by atoms with E-state index in [2.05, 4.69) is 4.99 Å². The van der Waals surface area contributed by atoms with Gasteiger partial charge in [0.2, 0.25) is 6.19 Å². The van der Waals surface area contributed by atoms with E-state index in [1.807, 2.05) is 48.5 Å². The van der Waals surface area contributed by atoms with E-state index in [0.29, 0.717) is 5.17 Å². The molecule has 0 aliphatic rings. The van der Waals surface area contributed by atoms with Crippen molar-refractivity contribution in [3.05, 3.63) is 30.3 Å². The van der Waals surface area contributed by atoms with E-state index >= 15 is 0 Å². The van der Waals surface area contributed by atoms with Crippen LogP contribution in [0.25, 0.3) is 0 Å². The summed E-state index contributed by atoms with van der Waals surface area (Å²) in [6, 6.07) is 9.82. The molecule has 0 amide bonds. The number of hydrogen-bond acceptors (Lipinski definition) is 3. The first kappa shape index (κ1) is 10.6. The van der Waals surface area contributed by atoms with Crippen LogP contribution in [0.15, 0.2) is 35.3 Å². The van der Waals surface area contributed by atoms with E-state index in [9.17, 15) is 0 Å². The second-order valence-electron chi connectivity index (χ2n) is 2.59. The third kappa shape index (κ3) is 2.51. The number of amidine groups is 1. The zero-order valence-electron chi connectivity index (χ0n) is 8.14. The number of aliphatic imine (C=N–C) groups is 1. The van der Waals surface area contributed by atoms with Crippen LogP contribution in [0.2, 0.25) is 0 Å². The Kier molecular flexibility index (Phi) is 4.02. The first-order chi connectivity index (χ1) is 6.79. The van der Waals surface area contributed by atoms with Crippen LogP contribution < -0.4 is 4.90 Å². The molecule has 0 N–H and O–H groups in total. The lowest BCUT2D eigenvalue weighted by molar-refractivity contribution is 1.27. The molecule has 0 unspecified atom stereocenters. The second kappa shape index (κ2) is 5.30. The predicted octanol–water partition coefficient (Wildman–Crippen LogP) is 2.32. The molecule has 1 aromatic carbocycles. The summed E-state index contributed by atoms with van der Waals surface area (Å²) in [6.07, 6.45) is 3.69. The Labute approximate surface area is 88.1 Å². The number of anilines is 1. The number of rotatable bonds is 1. The Bertz CT molecular complexity index is 353. The maximum atomic E-state index is 8.49. The number of para-hydroxylation sites is 1. The Morgan fingerprint density at radius 1 is 1.43 bits per heavy atom. The minimum atomic E-state index is 0.693. The summed E-state index contributed by atoms with van der Waals surface area (Å²) in [5.74, 6) is 0. The molecule has 0 aliphatic heterocycles. The fraction of sp³-hybridized carbons (Fsp3) is 0.200. The van der Waals surface area contributed by atoms with Crippen LogP contribution in [0.3, 0.4) is 0 Å². The van der Waals surface area contributed by atoms with Crippen molar-refractivity contribution in [3.8, 4) is 6.19 Å². The minimum Gasteiger partial charge on any atom is -0.323 e. The fourth-order valence-electron chi connectivity index (χ4n) is 1.06. The lowest BCUT2D eigenvalue weighted by atomic mass is 10.3. The second-order valence-corrected chi connectivity index (χ2v) is 3.37. The van der Waals surface area contributed by atoms with Crippen molar-refractivity contribution in [2.75, 3.05) is 18.2 Å². The van der Waals surface area contributed by atoms with Crippen molar-refractivity contribution in [2.45, 2.75) is 0 Å². The summed E-state index contributed by atoms with van der Waals surface area (Å²) in [5, 5.41) is 9.18. The summed E-state index contributed by atoms with van der Waals surface area (Å²) in [7, 11) is 1.89. The molecule has 0 heterocycles. The summed E-state index contributed by atoms with van der Waals surface area (Å²) in [5.41, 5.74) is 1.02. The first-order valence-corrected chi connectivity index (χ1v) is 5.31. The SMILES string of the molecule is CSC(=NC#N)N(C)c1ccccc1. The Hall–Kier alpha value is -1.47. The van der Waals surface area contributed by atoms with Crippen LogP contribution in [-0.4, -0.2) is 18.5 Å².